The normalized spacial score (nSPS) is 37.0. The summed E-state index contributed by atoms with van der Waals surface area (Å²) in [6.07, 6.45) is 8.56. The zero-order chi connectivity index (χ0) is 14.3. The minimum Gasteiger partial charge on any atom is -0.347 e. The summed E-state index contributed by atoms with van der Waals surface area (Å²) in [5, 5.41) is 0. The molecule has 2 aliphatic carbocycles. The third-order valence-corrected chi connectivity index (χ3v) is 5.75. The smallest absolute Gasteiger partial charge is 0.264 e. The van der Waals surface area contributed by atoms with E-state index in [1.807, 2.05) is 0 Å². The molecule has 1 spiro atoms. The Morgan fingerprint density at radius 3 is 2.45 bits per heavy atom. The van der Waals surface area contributed by atoms with Crippen LogP contribution in [0, 0.1) is 11.3 Å². The van der Waals surface area contributed by atoms with E-state index in [-0.39, 0.29) is 12.0 Å². The van der Waals surface area contributed by atoms with Crippen molar-refractivity contribution < 1.29 is 22.1 Å². The second kappa shape index (κ2) is 5.23. The molecule has 0 aromatic rings. The van der Waals surface area contributed by atoms with Crippen LogP contribution in [0.2, 0.25) is 0 Å². The topological polar surface area (TPSA) is 61.8 Å². The summed E-state index contributed by atoms with van der Waals surface area (Å²) >= 11 is 0. The fourth-order valence-electron chi connectivity index (χ4n) is 4.41. The highest BCUT2D eigenvalue weighted by Gasteiger charge is 2.62. The Kier molecular flexibility index (Phi) is 3.86. The maximum absolute atomic E-state index is 11.4. The van der Waals surface area contributed by atoms with Crippen molar-refractivity contribution in [2.24, 2.45) is 11.3 Å². The third kappa shape index (κ3) is 2.40. The Morgan fingerprint density at radius 2 is 1.75 bits per heavy atom. The van der Waals surface area contributed by atoms with Gasteiger partial charge in [0.25, 0.3) is 10.1 Å². The van der Waals surface area contributed by atoms with Gasteiger partial charge < -0.3 is 9.47 Å². The fraction of sp³-hybridized carbons (Fsp3) is 1.00. The van der Waals surface area contributed by atoms with Crippen LogP contribution in [-0.4, -0.2) is 40.3 Å². The Bertz CT molecular complexity index is 454. The first kappa shape index (κ1) is 14.8. The summed E-state index contributed by atoms with van der Waals surface area (Å²) in [7, 11) is -3.43. The van der Waals surface area contributed by atoms with Crippen molar-refractivity contribution in [3.63, 3.8) is 0 Å². The van der Waals surface area contributed by atoms with Gasteiger partial charge >= 0.3 is 0 Å². The molecule has 2 bridgehead atoms. The zero-order valence-corrected chi connectivity index (χ0v) is 12.9. The van der Waals surface area contributed by atoms with Gasteiger partial charge in [0.05, 0.1) is 26.1 Å². The largest absolute Gasteiger partial charge is 0.347 e. The quantitative estimate of drug-likeness (QED) is 0.747. The van der Waals surface area contributed by atoms with Gasteiger partial charge in [-0.15, -0.1) is 0 Å². The third-order valence-electron chi connectivity index (χ3n) is 5.21. The maximum Gasteiger partial charge on any atom is 0.264 e. The van der Waals surface area contributed by atoms with Crippen LogP contribution in [-0.2, 0) is 23.8 Å². The van der Waals surface area contributed by atoms with Gasteiger partial charge in [0.1, 0.15) is 0 Å². The molecule has 0 unspecified atom stereocenters. The Morgan fingerprint density at radius 1 is 1.10 bits per heavy atom. The predicted molar refractivity (Wildman–Crippen MR) is 73.7 cm³/mol. The highest BCUT2D eigenvalue weighted by molar-refractivity contribution is 7.85. The molecular formula is C14H24O5S. The summed E-state index contributed by atoms with van der Waals surface area (Å²) in [6.45, 7) is 1.41. The lowest BCUT2D eigenvalue weighted by Crippen LogP contribution is -2.58. The Hall–Kier alpha value is -0.170. The monoisotopic (exact) mass is 304 g/mol. The van der Waals surface area contributed by atoms with Crippen molar-refractivity contribution in [1.82, 2.24) is 0 Å². The number of ether oxygens (including phenoxy) is 2. The average Bonchev–Trinajstić information content (AvgIpc) is 2.83. The van der Waals surface area contributed by atoms with E-state index in [0.29, 0.717) is 19.1 Å². The van der Waals surface area contributed by atoms with Crippen molar-refractivity contribution in [3.05, 3.63) is 0 Å². The lowest BCUT2D eigenvalue weighted by molar-refractivity contribution is -0.291. The molecule has 0 radical (unpaired) electrons. The number of hydrogen-bond acceptors (Lipinski definition) is 5. The van der Waals surface area contributed by atoms with Crippen LogP contribution < -0.4 is 0 Å². The van der Waals surface area contributed by atoms with E-state index in [1.165, 1.54) is 6.42 Å². The van der Waals surface area contributed by atoms with Gasteiger partial charge in [0.2, 0.25) is 0 Å². The molecule has 2 atom stereocenters. The molecule has 3 fully saturated rings. The average molecular weight is 304 g/mol. The van der Waals surface area contributed by atoms with Crippen LogP contribution >= 0.6 is 0 Å². The minimum absolute atomic E-state index is 0.197. The molecule has 1 saturated heterocycles. The van der Waals surface area contributed by atoms with Gasteiger partial charge in [0, 0.05) is 11.3 Å². The van der Waals surface area contributed by atoms with Crippen LogP contribution in [0.5, 0.6) is 0 Å². The number of hydrogen-bond donors (Lipinski definition) is 0. The summed E-state index contributed by atoms with van der Waals surface area (Å²) < 4.78 is 40.2. The lowest BCUT2D eigenvalue weighted by Gasteiger charge is -2.52. The Balaban J connectivity index is 1.93. The van der Waals surface area contributed by atoms with Crippen molar-refractivity contribution in [3.8, 4) is 0 Å². The van der Waals surface area contributed by atoms with E-state index in [9.17, 15) is 8.42 Å². The summed E-state index contributed by atoms with van der Waals surface area (Å²) in [6, 6.07) is 0. The summed E-state index contributed by atoms with van der Waals surface area (Å²) in [5.74, 6) is -0.226. The van der Waals surface area contributed by atoms with Crippen LogP contribution in [0.25, 0.3) is 0 Å². The first-order valence-corrected chi connectivity index (χ1v) is 9.41. The molecule has 1 heterocycles. The van der Waals surface area contributed by atoms with Gasteiger partial charge in [-0.2, -0.15) is 8.42 Å². The summed E-state index contributed by atoms with van der Waals surface area (Å²) in [5.41, 5.74) is -0.300. The SMILES string of the molecule is CS(=O)(=O)OC[C@]12CCCC[C@H](CCC1)C21OCCO1. The molecule has 0 aromatic carbocycles. The van der Waals surface area contributed by atoms with Crippen molar-refractivity contribution >= 4 is 10.1 Å². The van der Waals surface area contributed by atoms with Crippen LogP contribution in [0.1, 0.15) is 44.9 Å². The molecule has 1 aliphatic heterocycles. The van der Waals surface area contributed by atoms with Gasteiger partial charge in [-0.25, -0.2) is 0 Å². The highest BCUT2D eigenvalue weighted by Crippen LogP contribution is 2.58. The highest BCUT2D eigenvalue weighted by atomic mass is 32.2. The van der Waals surface area contributed by atoms with Crippen molar-refractivity contribution in [2.45, 2.75) is 50.7 Å². The fourth-order valence-corrected chi connectivity index (χ4v) is 4.85. The molecule has 3 aliphatic rings. The molecule has 5 nitrogen and oxygen atoms in total. The van der Waals surface area contributed by atoms with Gasteiger partial charge in [-0.1, -0.05) is 19.3 Å². The first-order valence-electron chi connectivity index (χ1n) is 7.60. The standard InChI is InChI=1S/C14H24O5S/c1-20(15,16)19-11-13-7-3-2-5-12(6-4-8-13)14(13)17-9-10-18-14/h12H,2-11H2,1H3/t12-,13+/m1/s1. The van der Waals surface area contributed by atoms with Crippen LogP contribution in [0.15, 0.2) is 0 Å². The lowest BCUT2D eigenvalue weighted by atomic mass is 9.63. The molecule has 0 N–H and O–H groups in total. The van der Waals surface area contributed by atoms with Crippen molar-refractivity contribution in [1.29, 1.82) is 0 Å². The first-order chi connectivity index (χ1) is 9.48. The van der Waals surface area contributed by atoms with Gasteiger partial charge in [-0.05, 0) is 25.7 Å². The van der Waals surface area contributed by atoms with E-state index in [0.717, 1.165) is 44.8 Å². The van der Waals surface area contributed by atoms with Crippen LogP contribution in [0.4, 0.5) is 0 Å². The molecule has 3 rings (SSSR count). The molecule has 2 saturated carbocycles. The van der Waals surface area contributed by atoms with Crippen molar-refractivity contribution in [2.75, 3.05) is 26.1 Å². The zero-order valence-electron chi connectivity index (χ0n) is 12.1. The van der Waals surface area contributed by atoms with E-state index >= 15 is 0 Å². The second-order valence-electron chi connectivity index (χ2n) is 6.45. The maximum atomic E-state index is 11.4. The van der Waals surface area contributed by atoms with E-state index in [4.69, 9.17) is 13.7 Å². The number of rotatable bonds is 3. The second-order valence-corrected chi connectivity index (χ2v) is 8.09. The van der Waals surface area contributed by atoms with Gasteiger partial charge in [0.15, 0.2) is 5.79 Å². The summed E-state index contributed by atoms with van der Waals surface area (Å²) in [4.78, 5) is 0. The van der Waals surface area contributed by atoms with Gasteiger partial charge in [-0.3, -0.25) is 4.18 Å². The molecule has 0 amide bonds. The minimum atomic E-state index is -3.43. The van der Waals surface area contributed by atoms with Crippen LogP contribution in [0.3, 0.4) is 0 Å². The molecule has 116 valence electrons. The molecule has 20 heavy (non-hydrogen) atoms. The van der Waals surface area contributed by atoms with E-state index in [1.54, 1.807) is 0 Å². The predicted octanol–water partition coefficient (Wildman–Crippen LogP) is 2.07. The molecule has 6 heteroatoms. The molecule has 0 aromatic heterocycles. The van der Waals surface area contributed by atoms with E-state index < -0.39 is 15.9 Å². The van der Waals surface area contributed by atoms with E-state index in [2.05, 4.69) is 0 Å². The molecular weight excluding hydrogens is 280 g/mol. The Labute approximate surface area is 121 Å².